The minimum Gasteiger partial charge on any atom is -0.312 e. The SMILES string of the molecule is CNC(c1cnc2ccccc2c1)C1CCCS1. The maximum atomic E-state index is 4.57. The Morgan fingerprint density at radius 2 is 2.28 bits per heavy atom. The number of rotatable bonds is 3. The number of fused-ring (bicyclic) bond motifs is 1. The summed E-state index contributed by atoms with van der Waals surface area (Å²) in [5, 5.41) is 5.39. The molecule has 2 atom stereocenters. The molecule has 2 nitrogen and oxygen atoms in total. The molecule has 2 aromatic rings. The van der Waals surface area contributed by atoms with E-state index in [-0.39, 0.29) is 0 Å². The maximum Gasteiger partial charge on any atom is 0.0702 e. The van der Waals surface area contributed by atoms with Gasteiger partial charge in [0.05, 0.1) is 5.52 Å². The third-order valence-electron chi connectivity index (χ3n) is 3.62. The van der Waals surface area contributed by atoms with Crippen LogP contribution in [-0.4, -0.2) is 23.0 Å². The molecule has 0 aliphatic carbocycles. The van der Waals surface area contributed by atoms with Crippen molar-refractivity contribution >= 4 is 22.7 Å². The molecule has 1 aliphatic heterocycles. The van der Waals surface area contributed by atoms with Crippen LogP contribution in [0.1, 0.15) is 24.4 Å². The predicted molar refractivity (Wildman–Crippen MR) is 79.0 cm³/mol. The number of thioether (sulfide) groups is 1. The molecule has 1 aromatic carbocycles. The largest absolute Gasteiger partial charge is 0.312 e. The van der Waals surface area contributed by atoms with Gasteiger partial charge in [0.1, 0.15) is 0 Å². The minimum absolute atomic E-state index is 0.426. The monoisotopic (exact) mass is 258 g/mol. The molecule has 1 fully saturated rings. The average molecular weight is 258 g/mol. The van der Waals surface area contributed by atoms with E-state index in [1.807, 2.05) is 12.3 Å². The summed E-state index contributed by atoms with van der Waals surface area (Å²) >= 11 is 2.09. The number of pyridine rings is 1. The number of nitrogens with one attached hydrogen (secondary N) is 1. The maximum absolute atomic E-state index is 4.57. The van der Waals surface area contributed by atoms with Crippen LogP contribution in [0.3, 0.4) is 0 Å². The number of benzene rings is 1. The van der Waals surface area contributed by atoms with Crippen molar-refractivity contribution in [1.82, 2.24) is 10.3 Å². The van der Waals surface area contributed by atoms with Gasteiger partial charge >= 0.3 is 0 Å². The molecule has 0 saturated carbocycles. The zero-order valence-electron chi connectivity index (χ0n) is 10.6. The van der Waals surface area contributed by atoms with Crippen LogP contribution in [0.4, 0.5) is 0 Å². The lowest BCUT2D eigenvalue weighted by Gasteiger charge is -2.22. The van der Waals surface area contributed by atoms with Crippen LogP contribution in [0, 0.1) is 0 Å². The van der Waals surface area contributed by atoms with Crippen LogP contribution >= 0.6 is 11.8 Å². The summed E-state index contributed by atoms with van der Waals surface area (Å²) in [6, 6.07) is 11.0. The smallest absolute Gasteiger partial charge is 0.0702 e. The topological polar surface area (TPSA) is 24.9 Å². The molecule has 2 heterocycles. The van der Waals surface area contributed by atoms with E-state index < -0.39 is 0 Å². The van der Waals surface area contributed by atoms with E-state index in [0.717, 1.165) is 5.52 Å². The van der Waals surface area contributed by atoms with E-state index in [0.29, 0.717) is 11.3 Å². The summed E-state index contributed by atoms with van der Waals surface area (Å²) in [7, 11) is 2.05. The summed E-state index contributed by atoms with van der Waals surface area (Å²) in [4.78, 5) is 4.57. The Labute approximate surface area is 112 Å². The fourth-order valence-corrected chi connectivity index (χ4v) is 4.15. The van der Waals surface area contributed by atoms with Crippen molar-refractivity contribution in [2.24, 2.45) is 0 Å². The predicted octanol–water partition coefficient (Wildman–Crippen LogP) is 3.39. The molecule has 2 unspecified atom stereocenters. The molecule has 1 aliphatic rings. The molecule has 3 rings (SSSR count). The van der Waals surface area contributed by atoms with Gasteiger partial charge < -0.3 is 5.32 Å². The van der Waals surface area contributed by atoms with E-state index in [1.165, 1.54) is 29.5 Å². The number of hydrogen-bond acceptors (Lipinski definition) is 3. The lowest BCUT2D eigenvalue weighted by atomic mass is 10.0. The average Bonchev–Trinajstić information content (AvgIpc) is 2.93. The molecule has 18 heavy (non-hydrogen) atoms. The standard InChI is InChI=1S/C15H18N2S/c1-16-15(14-7-4-8-18-14)12-9-11-5-2-3-6-13(11)17-10-12/h2-3,5-6,9-10,14-16H,4,7-8H2,1H3. The summed E-state index contributed by atoms with van der Waals surface area (Å²) < 4.78 is 0. The first-order valence-electron chi connectivity index (χ1n) is 6.52. The Hall–Kier alpha value is -1.06. The van der Waals surface area contributed by atoms with Crippen LogP contribution < -0.4 is 5.32 Å². The van der Waals surface area contributed by atoms with Crippen LogP contribution in [0.15, 0.2) is 36.5 Å². The van der Waals surface area contributed by atoms with E-state index in [4.69, 9.17) is 0 Å². The van der Waals surface area contributed by atoms with Gasteiger partial charge in [-0.2, -0.15) is 11.8 Å². The number of hydrogen-bond donors (Lipinski definition) is 1. The molecular weight excluding hydrogens is 240 g/mol. The van der Waals surface area contributed by atoms with Crippen molar-refractivity contribution in [1.29, 1.82) is 0 Å². The Morgan fingerprint density at radius 3 is 3.06 bits per heavy atom. The first-order valence-corrected chi connectivity index (χ1v) is 7.57. The van der Waals surface area contributed by atoms with Gasteiger partial charge in [0.2, 0.25) is 0 Å². The first-order chi connectivity index (χ1) is 8.88. The van der Waals surface area contributed by atoms with E-state index in [2.05, 4.69) is 53.4 Å². The van der Waals surface area contributed by atoms with E-state index in [9.17, 15) is 0 Å². The van der Waals surface area contributed by atoms with Crippen LogP contribution in [0.2, 0.25) is 0 Å². The van der Waals surface area contributed by atoms with Crippen molar-refractivity contribution in [2.45, 2.75) is 24.1 Å². The summed E-state index contributed by atoms with van der Waals surface area (Å²) in [5.74, 6) is 1.30. The minimum atomic E-state index is 0.426. The summed E-state index contributed by atoms with van der Waals surface area (Å²) in [5.41, 5.74) is 2.39. The Kier molecular flexibility index (Phi) is 3.52. The normalized spacial score (nSPS) is 21.3. The number of para-hydroxylation sites is 1. The van der Waals surface area contributed by atoms with Crippen LogP contribution in [-0.2, 0) is 0 Å². The number of nitrogens with zero attached hydrogens (tertiary/aromatic N) is 1. The highest BCUT2D eigenvalue weighted by Crippen LogP contribution is 2.36. The van der Waals surface area contributed by atoms with Gasteiger partial charge in [-0.15, -0.1) is 0 Å². The van der Waals surface area contributed by atoms with Crippen molar-refractivity contribution in [3.05, 3.63) is 42.1 Å². The van der Waals surface area contributed by atoms with Gasteiger partial charge in [-0.3, -0.25) is 4.98 Å². The molecule has 1 N–H and O–H groups in total. The highest BCUT2D eigenvalue weighted by atomic mass is 32.2. The molecule has 3 heteroatoms. The second-order valence-electron chi connectivity index (χ2n) is 4.78. The van der Waals surface area contributed by atoms with E-state index in [1.54, 1.807) is 0 Å². The van der Waals surface area contributed by atoms with Crippen LogP contribution in [0.5, 0.6) is 0 Å². The van der Waals surface area contributed by atoms with Gasteiger partial charge in [0, 0.05) is 22.9 Å². The zero-order valence-corrected chi connectivity index (χ0v) is 11.4. The molecule has 0 amide bonds. The number of aromatic nitrogens is 1. The Bertz CT molecular complexity index is 535. The van der Waals surface area contributed by atoms with Crippen molar-refractivity contribution in [3.8, 4) is 0 Å². The van der Waals surface area contributed by atoms with Gasteiger partial charge in [-0.25, -0.2) is 0 Å². The molecular formula is C15H18N2S. The first kappa shape index (κ1) is 12.0. The summed E-state index contributed by atoms with van der Waals surface area (Å²) in [6.07, 6.45) is 4.68. The fraction of sp³-hybridized carbons (Fsp3) is 0.400. The Balaban J connectivity index is 1.96. The van der Waals surface area contributed by atoms with Gasteiger partial charge in [-0.1, -0.05) is 18.2 Å². The van der Waals surface area contributed by atoms with Crippen LogP contribution in [0.25, 0.3) is 10.9 Å². The molecule has 1 saturated heterocycles. The fourth-order valence-electron chi connectivity index (χ4n) is 2.69. The third kappa shape index (κ3) is 2.25. The lowest BCUT2D eigenvalue weighted by Crippen LogP contribution is -2.25. The molecule has 0 spiro atoms. The highest BCUT2D eigenvalue weighted by Gasteiger charge is 2.25. The third-order valence-corrected chi connectivity index (χ3v) is 5.08. The molecule has 0 bridgehead atoms. The Morgan fingerprint density at radius 1 is 1.39 bits per heavy atom. The van der Waals surface area contributed by atoms with Gasteiger partial charge in [0.25, 0.3) is 0 Å². The summed E-state index contributed by atoms with van der Waals surface area (Å²) in [6.45, 7) is 0. The van der Waals surface area contributed by atoms with Gasteiger partial charge in [-0.05, 0) is 43.3 Å². The molecule has 1 aromatic heterocycles. The molecule has 0 radical (unpaired) electrons. The van der Waals surface area contributed by atoms with Crippen molar-refractivity contribution in [2.75, 3.05) is 12.8 Å². The lowest BCUT2D eigenvalue weighted by molar-refractivity contribution is 0.551. The zero-order chi connectivity index (χ0) is 12.4. The highest BCUT2D eigenvalue weighted by molar-refractivity contribution is 8.00. The van der Waals surface area contributed by atoms with E-state index >= 15 is 0 Å². The van der Waals surface area contributed by atoms with Crippen molar-refractivity contribution < 1.29 is 0 Å². The molecule has 94 valence electrons. The van der Waals surface area contributed by atoms with Gasteiger partial charge in [0.15, 0.2) is 0 Å². The quantitative estimate of drug-likeness (QED) is 0.913. The second kappa shape index (κ2) is 5.29. The van der Waals surface area contributed by atoms with Crippen molar-refractivity contribution in [3.63, 3.8) is 0 Å². The second-order valence-corrected chi connectivity index (χ2v) is 6.13.